The first-order chi connectivity index (χ1) is 6.78. The second-order valence-electron chi connectivity index (χ2n) is 2.44. The average Bonchev–Trinajstić information content (AvgIpc) is 2.26. The number of hydrogen-bond acceptors (Lipinski definition) is 5. The van der Waals surface area contributed by atoms with Gasteiger partial charge in [0.05, 0.1) is 19.8 Å². The number of methoxy groups -OCH3 is 2. The summed E-state index contributed by atoms with van der Waals surface area (Å²) in [6.07, 6.45) is 0.512. The topological polar surface area (TPSA) is 65.0 Å². The lowest BCUT2D eigenvalue weighted by Gasteiger charge is -2.09. The van der Waals surface area contributed by atoms with E-state index >= 15 is 0 Å². The van der Waals surface area contributed by atoms with Crippen molar-refractivity contribution in [2.24, 2.45) is 5.18 Å². The fourth-order valence-corrected chi connectivity index (χ4v) is 1.13. The maximum atomic E-state index is 10.7. The van der Waals surface area contributed by atoms with E-state index in [-0.39, 0.29) is 17.0 Å². The Morgan fingerprint density at radius 1 is 1.29 bits per heavy atom. The summed E-state index contributed by atoms with van der Waals surface area (Å²) in [4.78, 5) is 21.0. The van der Waals surface area contributed by atoms with Gasteiger partial charge in [-0.25, -0.2) is 0 Å². The van der Waals surface area contributed by atoms with Crippen LogP contribution in [0.5, 0.6) is 11.5 Å². The lowest BCUT2D eigenvalue weighted by atomic mass is 10.1. The van der Waals surface area contributed by atoms with E-state index in [0.717, 1.165) is 0 Å². The number of nitrogens with zero attached hydrogens (tertiary/aromatic N) is 1. The van der Waals surface area contributed by atoms with Crippen LogP contribution < -0.4 is 9.47 Å². The second kappa shape index (κ2) is 4.36. The molecule has 14 heavy (non-hydrogen) atoms. The van der Waals surface area contributed by atoms with Gasteiger partial charge in [0, 0.05) is 0 Å². The fraction of sp³-hybridized carbons (Fsp3) is 0.222. The number of rotatable bonds is 4. The Hall–Kier alpha value is -1.91. The zero-order valence-electron chi connectivity index (χ0n) is 7.81. The molecular formula is C9H9NO4. The molecule has 0 saturated carbocycles. The minimum atomic E-state index is 0.0395. The van der Waals surface area contributed by atoms with Crippen molar-refractivity contribution in [2.75, 3.05) is 14.2 Å². The highest BCUT2D eigenvalue weighted by Gasteiger charge is 2.14. The van der Waals surface area contributed by atoms with Crippen LogP contribution in [0.15, 0.2) is 17.3 Å². The lowest BCUT2D eigenvalue weighted by Crippen LogP contribution is -1.95. The van der Waals surface area contributed by atoms with E-state index < -0.39 is 0 Å². The Morgan fingerprint density at radius 2 is 2.00 bits per heavy atom. The van der Waals surface area contributed by atoms with Crippen molar-refractivity contribution in [1.82, 2.24) is 0 Å². The van der Waals surface area contributed by atoms with Gasteiger partial charge in [-0.1, -0.05) is 0 Å². The van der Waals surface area contributed by atoms with E-state index in [9.17, 15) is 9.70 Å². The molecule has 0 atom stereocenters. The summed E-state index contributed by atoms with van der Waals surface area (Å²) in [5.41, 5.74) is 0.138. The molecule has 74 valence electrons. The summed E-state index contributed by atoms with van der Waals surface area (Å²) in [5.74, 6) is 0.613. The highest BCUT2D eigenvalue weighted by molar-refractivity contribution is 5.88. The van der Waals surface area contributed by atoms with Gasteiger partial charge in [-0.05, 0) is 17.3 Å². The molecular weight excluding hydrogens is 186 g/mol. The van der Waals surface area contributed by atoms with E-state index in [4.69, 9.17) is 9.47 Å². The quantitative estimate of drug-likeness (QED) is 0.543. The van der Waals surface area contributed by atoms with Crippen molar-refractivity contribution in [1.29, 1.82) is 0 Å². The SMILES string of the molecule is COc1ccc(N=O)c(C=O)c1OC. The monoisotopic (exact) mass is 195 g/mol. The normalized spacial score (nSPS) is 9.29. The molecule has 1 rings (SSSR count). The molecule has 0 fully saturated rings. The molecule has 1 aromatic carbocycles. The van der Waals surface area contributed by atoms with Crippen LogP contribution in [0.3, 0.4) is 0 Å². The van der Waals surface area contributed by atoms with Crippen LogP contribution in [0.25, 0.3) is 0 Å². The van der Waals surface area contributed by atoms with Gasteiger partial charge in [-0.15, -0.1) is 4.91 Å². The summed E-state index contributed by atoms with van der Waals surface area (Å²) >= 11 is 0. The minimum absolute atomic E-state index is 0.0395. The van der Waals surface area contributed by atoms with Crippen LogP contribution >= 0.6 is 0 Å². The maximum Gasteiger partial charge on any atom is 0.173 e. The third kappa shape index (κ3) is 1.56. The molecule has 0 aliphatic carbocycles. The van der Waals surface area contributed by atoms with E-state index in [0.29, 0.717) is 12.0 Å². The van der Waals surface area contributed by atoms with Crippen LogP contribution in [-0.4, -0.2) is 20.5 Å². The summed E-state index contributed by atoms with van der Waals surface area (Å²) in [7, 11) is 2.83. The van der Waals surface area contributed by atoms with Crippen molar-refractivity contribution < 1.29 is 14.3 Å². The van der Waals surface area contributed by atoms with Crippen molar-refractivity contribution in [2.45, 2.75) is 0 Å². The number of ether oxygens (including phenoxy) is 2. The molecule has 0 heterocycles. The van der Waals surface area contributed by atoms with Gasteiger partial charge in [0.1, 0.15) is 5.69 Å². The molecule has 0 N–H and O–H groups in total. The standard InChI is InChI=1S/C9H9NO4/c1-13-8-4-3-7(10-12)6(5-11)9(8)14-2/h3-5H,1-2H3. The molecule has 1 aromatic rings. The Morgan fingerprint density at radius 3 is 2.43 bits per heavy atom. The van der Waals surface area contributed by atoms with Crippen LogP contribution in [-0.2, 0) is 0 Å². The second-order valence-corrected chi connectivity index (χ2v) is 2.44. The van der Waals surface area contributed by atoms with Crippen molar-refractivity contribution in [3.63, 3.8) is 0 Å². The first-order valence-corrected chi connectivity index (χ1v) is 3.82. The van der Waals surface area contributed by atoms with E-state index in [1.54, 1.807) is 0 Å². The predicted octanol–water partition coefficient (Wildman–Crippen LogP) is 1.91. The summed E-state index contributed by atoms with van der Waals surface area (Å²) in [6.45, 7) is 0. The average molecular weight is 195 g/mol. The number of hydrogen-bond donors (Lipinski definition) is 0. The number of benzene rings is 1. The smallest absolute Gasteiger partial charge is 0.173 e. The maximum absolute atomic E-state index is 10.7. The van der Waals surface area contributed by atoms with Gasteiger partial charge in [0.15, 0.2) is 17.8 Å². The van der Waals surface area contributed by atoms with Gasteiger partial charge >= 0.3 is 0 Å². The van der Waals surface area contributed by atoms with Gasteiger partial charge in [-0.2, -0.15) is 0 Å². The third-order valence-electron chi connectivity index (χ3n) is 1.78. The molecule has 0 aromatic heterocycles. The highest BCUT2D eigenvalue weighted by Crippen LogP contribution is 2.35. The van der Waals surface area contributed by atoms with Crippen LogP contribution in [0.4, 0.5) is 5.69 Å². The third-order valence-corrected chi connectivity index (χ3v) is 1.78. The fourth-order valence-electron chi connectivity index (χ4n) is 1.13. The molecule has 5 heteroatoms. The highest BCUT2D eigenvalue weighted by atomic mass is 16.5. The van der Waals surface area contributed by atoms with Gasteiger partial charge in [0.2, 0.25) is 0 Å². The first-order valence-electron chi connectivity index (χ1n) is 3.82. The zero-order chi connectivity index (χ0) is 10.6. The van der Waals surface area contributed by atoms with Crippen LogP contribution in [0, 0.1) is 4.91 Å². The summed E-state index contributed by atoms with van der Waals surface area (Å²) in [5, 5.41) is 2.71. The predicted molar refractivity (Wildman–Crippen MR) is 50.4 cm³/mol. The number of carbonyl (C=O) groups excluding carboxylic acids is 1. The molecule has 0 aliphatic heterocycles. The number of aldehydes is 1. The molecule has 0 unspecified atom stereocenters. The lowest BCUT2D eigenvalue weighted by molar-refractivity contribution is 0.112. The number of nitroso groups, excluding NO2 is 1. The van der Waals surface area contributed by atoms with Gasteiger partial charge in [0.25, 0.3) is 0 Å². The van der Waals surface area contributed by atoms with Crippen molar-refractivity contribution in [3.8, 4) is 11.5 Å². The van der Waals surface area contributed by atoms with Gasteiger partial charge in [-0.3, -0.25) is 4.79 Å². The Kier molecular flexibility index (Phi) is 3.17. The van der Waals surface area contributed by atoms with Crippen molar-refractivity contribution in [3.05, 3.63) is 22.6 Å². The van der Waals surface area contributed by atoms with E-state index in [1.165, 1.54) is 26.4 Å². The Labute approximate surface area is 80.6 Å². The molecule has 0 radical (unpaired) electrons. The molecule has 0 aliphatic rings. The van der Waals surface area contributed by atoms with Crippen LogP contribution in [0.2, 0.25) is 0 Å². The van der Waals surface area contributed by atoms with E-state index in [2.05, 4.69) is 5.18 Å². The van der Waals surface area contributed by atoms with Crippen LogP contribution in [0.1, 0.15) is 10.4 Å². The molecule has 0 bridgehead atoms. The Bertz CT molecular complexity index is 362. The molecule has 0 amide bonds. The molecule has 5 nitrogen and oxygen atoms in total. The van der Waals surface area contributed by atoms with Gasteiger partial charge < -0.3 is 9.47 Å². The van der Waals surface area contributed by atoms with Crippen molar-refractivity contribution >= 4 is 12.0 Å². The first kappa shape index (κ1) is 10.2. The molecule has 0 spiro atoms. The Balaban J connectivity index is 3.43. The minimum Gasteiger partial charge on any atom is -0.493 e. The number of carbonyl (C=O) groups is 1. The summed E-state index contributed by atoms with van der Waals surface area (Å²) < 4.78 is 9.90. The largest absolute Gasteiger partial charge is 0.493 e. The van der Waals surface area contributed by atoms with E-state index in [1.807, 2.05) is 0 Å². The zero-order valence-corrected chi connectivity index (χ0v) is 7.81. The summed E-state index contributed by atoms with van der Waals surface area (Å²) in [6, 6.07) is 2.92. The molecule has 0 saturated heterocycles.